The Balaban J connectivity index is 1.34. The summed E-state index contributed by atoms with van der Waals surface area (Å²) in [5.74, 6) is 0.191. The van der Waals surface area contributed by atoms with Crippen molar-refractivity contribution >= 4 is 38.9 Å². The van der Waals surface area contributed by atoms with Crippen LogP contribution in [0.25, 0.3) is 0 Å². The number of anilines is 2. The molecule has 0 spiro atoms. The second-order valence-corrected chi connectivity index (χ2v) is 13.3. The van der Waals surface area contributed by atoms with Crippen molar-refractivity contribution in [3.63, 3.8) is 0 Å². The molecule has 3 heterocycles. The summed E-state index contributed by atoms with van der Waals surface area (Å²) < 4.78 is 31.5. The standard InChI is InChI=1S/C30H33ClN4O4S/c31-23-6-4-9-25(16-23)40(38,39)33-26-15-21(30(37)32-24-7-2-1-3-8-24)12-13-28(26)34-17-20-14-22(19-34)27-10-5-11-29(36)35(27)18-20/h4-6,9-13,15-16,20,22,24,33H,1-3,7-8,14,17-19H2,(H,32,37)/t20-,22+/m1/s1. The van der Waals surface area contributed by atoms with E-state index in [4.69, 9.17) is 11.6 Å². The third-order valence-electron chi connectivity index (χ3n) is 8.37. The Bertz CT molecular complexity index is 1600. The van der Waals surface area contributed by atoms with Crippen molar-refractivity contribution in [1.29, 1.82) is 0 Å². The molecule has 0 unspecified atom stereocenters. The summed E-state index contributed by atoms with van der Waals surface area (Å²) in [5, 5.41) is 3.45. The molecule has 2 fully saturated rings. The number of pyridine rings is 1. The van der Waals surface area contributed by atoms with E-state index in [1.54, 1.807) is 36.4 Å². The first-order chi connectivity index (χ1) is 19.3. The smallest absolute Gasteiger partial charge is 0.262 e. The van der Waals surface area contributed by atoms with Gasteiger partial charge in [0.2, 0.25) is 0 Å². The molecule has 1 saturated carbocycles. The van der Waals surface area contributed by atoms with E-state index in [1.807, 2.05) is 16.7 Å². The first kappa shape index (κ1) is 26.9. The number of rotatable bonds is 6. The number of hydrogen-bond donors (Lipinski definition) is 2. The van der Waals surface area contributed by atoms with Crippen LogP contribution in [0.4, 0.5) is 11.4 Å². The van der Waals surface area contributed by atoms with Crippen LogP contribution in [-0.2, 0) is 16.6 Å². The van der Waals surface area contributed by atoms with Gasteiger partial charge in [-0.05, 0) is 67.6 Å². The highest BCUT2D eigenvalue weighted by Gasteiger charge is 2.35. The molecule has 0 radical (unpaired) electrons. The number of sulfonamides is 1. The lowest BCUT2D eigenvalue weighted by Crippen LogP contribution is -2.47. The van der Waals surface area contributed by atoms with E-state index in [2.05, 4.69) is 14.9 Å². The minimum absolute atomic E-state index is 0.0175. The van der Waals surface area contributed by atoms with Gasteiger partial charge in [-0.1, -0.05) is 43.0 Å². The number of halogens is 1. The van der Waals surface area contributed by atoms with Crippen molar-refractivity contribution in [2.24, 2.45) is 5.92 Å². The van der Waals surface area contributed by atoms with Crippen LogP contribution in [0.1, 0.15) is 60.5 Å². The molecule has 1 saturated heterocycles. The summed E-state index contributed by atoms with van der Waals surface area (Å²) in [6, 6.07) is 16.9. The van der Waals surface area contributed by atoms with Gasteiger partial charge in [-0.2, -0.15) is 0 Å². The Morgan fingerprint density at radius 3 is 2.52 bits per heavy atom. The fourth-order valence-electron chi connectivity index (χ4n) is 6.48. The van der Waals surface area contributed by atoms with Gasteiger partial charge in [0.15, 0.2) is 0 Å². The molecule has 1 aromatic heterocycles. The van der Waals surface area contributed by atoms with Gasteiger partial charge in [0.05, 0.1) is 16.3 Å². The fourth-order valence-corrected chi connectivity index (χ4v) is 7.85. The Morgan fingerprint density at radius 1 is 0.925 bits per heavy atom. The molecule has 10 heteroatoms. The highest BCUT2D eigenvalue weighted by molar-refractivity contribution is 7.92. The van der Waals surface area contributed by atoms with E-state index in [0.717, 1.165) is 37.8 Å². The van der Waals surface area contributed by atoms with E-state index in [0.29, 0.717) is 41.6 Å². The van der Waals surface area contributed by atoms with E-state index in [-0.39, 0.29) is 34.2 Å². The van der Waals surface area contributed by atoms with Gasteiger partial charge in [-0.25, -0.2) is 8.42 Å². The maximum atomic E-state index is 13.5. The fraction of sp³-hybridized carbons (Fsp3) is 0.400. The Kier molecular flexibility index (Phi) is 7.35. The predicted molar refractivity (Wildman–Crippen MR) is 157 cm³/mol. The van der Waals surface area contributed by atoms with E-state index in [9.17, 15) is 18.0 Å². The normalized spacial score (nSPS) is 21.0. The van der Waals surface area contributed by atoms with E-state index >= 15 is 0 Å². The lowest BCUT2D eigenvalue weighted by molar-refractivity contribution is 0.0927. The molecular formula is C30H33ClN4O4S. The summed E-state index contributed by atoms with van der Waals surface area (Å²) in [6.45, 7) is 1.95. The summed E-state index contributed by atoms with van der Waals surface area (Å²) in [4.78, 5) is 27.9. The number of nitrogens with one attached hydrogen (secondary N) is 2. The maximum absolute atomic E-state index is 13.5. The highest BCUT2D eigenvalue weighted by Crippen LogP contribution is 2.40. The molecular weight excluding hydrogens is 548 g/mol. The van der Waals surface area contributed by atoms with Crippen molar-refractivity contribution in [3.8, 4) is 0 Å². The van der Waals surface area contributed by atoms with Crippen LogP contribution in [0.2, 0.25) is 5.02 Å². The summed E-state index contributed by atoms with van der Waals surface area (Å²) in [6.07, 6.45) is 6.28. The van der Waals surface area contributed by atoms with E-state index < -0.39 is 10.0 Å². The van der Waals surface area contributed by atoms with Gasteiger partial charge in [0, 0.05) is 53.9 Å². The van der Waals surface area contributed by atoms with Crippen molar-refractivity contribution in [2.75, 3.05) is 22.7 Å². The number of amides is 1. The van der Waals surface area contributed by atoms with Crippen LogP contribution in [0.15, 0.2) is 70.4 Å². The number of nitrogens with zero attached hydrogens (tertiary/aromatic N) is 2. The van der Waals surface area contributed by atoms with Crippen molar-refractivity contribution in [3.05, 3.63) is 87.3 Å². The molecule has 2 N–H and O–H groups in total. The molecule has 2 aliphatic heterocycles. The summed E-state index contributed by atoms with van der Waals surface area (Å²) in [7, 11) is -3.98. The molecule has 210 valence electrons. The molecule has 3 aliphatic rings. The number of carbonyl (C=O) groups is 1. The SMILES string of the molecule is O=C(NC1CCCCC1)c1ccc(N2C[C@H]3C[C@@H](C2)c2cccc(=O)n2C3)c(NS(=O)(=O)c2cccc(Cl)c2)c1. The van der Waals surface area contributed by atoms with Gasteiger partial charge < -0.3 is 14.8 Å². The van der Waals surface area contributed by atoms with Gasteiger partial charge in [0.1, 0.15) is 0 Å². The number of hydrogen-bond acceptors (Lipinski definition) is 5. The van der Waals surface area contributed by atoms with E-state index in [1.165, 1.54) is 18.6 Å². The number of piperidine rings is 1. The lowest BCUT2D eigenvalue weighted by atomic mass is 9.83. The van der Waals surface area contributed by atoms with Crippen LogP contribution in [0.5, 0.6) is 0 Å². The van der Waals surface area contributed by atoms with Crippen molar-refractivity contribution < 1.29 is 13.2 Å². The largest absolute Gasteiger partial charge is 0.369 e. The van der Waals surface area contributed by atoms with Gasteiger partial charge >= 0.3 is 0 Å². The zero-order chi connectivity index (χ0) is 27.9. The van der Waals surface area contributed by atoms with Crippen LogP contribution in [0.3, 0.4) is 0 Å². The van der Waals surface area contributed by atoms with Crippen LogP contribution in [0, 0.1) is 5.92 Å². The molecule has 1 amide bonds. The van der Waals surface area contributed by atoms with Crippen molar-refractivity contribution in [1.82, 2.24) is 9.88 Å². The average molecular weight is 581 g/mol. The van der Waals surface area contributed by atoms with Gasteiger partial charge in [0.25, 0.3) is 21.5 Å². The zero-order valence-electron chi connectivity index (χ0n) is 22.2. The minimum Gasteiger partial charge on any atom is -0.369 e. The predicted octanol–water partition coefficient (Wildman–Crippen LogP) is 4.99. The minimum atomic E-state index is -3.98. The first-order valence-electron chi connectivity index (χ1n) is 13.9. The average Bonchev–Trinajstić information content (AvgIpc) is 2.94. The third kappa shape index (κ3) is 5.49. The highest BCUT2D eigenvalue weighted by atomic mass is 35.5. The molecule has 3 aromatic rings. The second kappa shape index (κ2) is 10.9. The Morgan fingerprint density at radius 2 is 1.73 bits per heavy atom. The zero-order valence-corrected chi connectivity index (χ0v) is 23.8. The third-order valence-corrected chi connectivity index (χ3v) is 9.97. The quantitative estimate of drug-likeness (QED) is 0.428. The number of aromatic nitrogens is 1. The summed E-state index contributed by atoms with van der Waals surface area (Å²) >= 11 is 6.10. The molecule has 1 aliphatic carbocycles. The maximum Gasteiger partial charge on any atom is 0.262 e. The lowest BCUT2D eigenvalue weighted by Gasteiger charge is -2.44. The molecule has 2 aromatic carbocycles. The van der Waals surface area contributed by atoms with Crippen molar-refractivity contribution in [2.45, 2.75) is 61.9 Å². The van der Waals surface area contributed by atoms with Gasteiger partial charge in [-0.15, -0.1) is 0 Å². The monoisotopic (exact) mass is 580 g/mol. The molecule has 6 rings (SSSR count). The molecule has 2 bridgehead atoms. The Hall–Kier alpha value is -3.30. The van der Waals surface area contributed by atoms with Crippen LogP contribution < -0.4 is 20.5 Å². The summed E-state index contributed by atoms with van der Waals surface area (Å²) in [5.41, 5.74) is 2.50. The second-order valence-electron chi connectivity index (χ2n) is 11.2. The molecule has 8 nitrogen and oxygen atoms in total. The molecule has 2 atom stereocenters. The molecule has 40 heavy (non-hydrogen) atoms. The number of carbonyl (C=O) groups excluding carboxylic acids is 1. The van der Waals surface area contributed by atoms with Crippen LogP contribution in [-0.4, -0.2) is 38.0 Å². The number of fused-ring (bicyclic) bond motifs is 4. The number of benzene rings is 2. The Labute approximate surface area is 239 Å². The van der Waals surface area contributed by atoms with Crippen LogP contribution >= 0.6 is 11.6 Å². The van der Waals surface area contributed by atoms with Gasteiger partial charge in [-0.3, -0.25) is 14.3 Å². The topological polar surface area (TPSA) is 101 Å². The first-order valence-corrected chi connectivity index (χ1v) is 15.8.